The number of likely N-dealkylation sites (tertiary alicyclic amines) is 1. The summed E-state index contributed by atoms with van der Waals surface area (Å²) in [5.74, 6) is -0.274. The van der Waals surface area contributed by atoms with Gasteiger partial charge in [-0.2, -0.15) is 5.10 Å². The Hall–Kier alpha value is -1.40. The van der Waals surface area contributed by atoms with Gasteiger partial charge < -0.3 is 9.64 Å². The second-order valence-corrected chi connectivity index (χ2v) is 5.82. The molecule has 1 aliphatic rings. The van der Waals surface area contributed by atoms with Crippen LogP contribution in [-0.2, 0) is 18.3 Å². The first-order chi connectivity index (χ1) is 10.0. The van der Waals surface area contributed by atoms with Crippen LogP contribution in [0.25, 0.3) is 0 Å². The zero-order chi connectivity index (χ0) is 15.4. The van der Waals surface area contributed by atoms with Crippen LogP contribution in [0, 0.1) is 0 Å². The van der Waals surface area contributed by atoms with E-state index in [1.165, 1.54) is 12.8 Å². The Balaban J connectivity index is 2.00. The molecule has 6 nitrogen and oxygen atoms in total. The first kappa shape index (κ1) is 16.0. The average Bonchev–Trinajstić information content (AvgIpc) is 2.81. The minimum atomic E-state index is -0.274. The van der Waals surface area contributed by atoms with E-state index in [2.05, 4.69) is 29.0 Å². The lowest BCUT2D eigenvalue weighted by Gasteiger charge is -2.35. The maximum Gasteiger partial charge on any atom is 0.341 e. The van der Waals surface area contributed by atoms with Gasteiger partial charge in [0.15, 0.2) is 0 Å². The maximum absolute atomic E-state index is 12.0. The van der Waals surface area contributed by atoms with E-state index in [4.69, 9.17) is 4.74 Å². The van der Waals surface area contributed by atoms with Crippen molar-refractivity contribution in [3.63, 3.8) is 0 Å². The van der Waals surface area contributed by atoms with Crippen molar-refractivity contribution in [3.05, 3.63) is 17.5 Å². The summed E-state index contributed by atoms with van der Waals surface area (Å²) in [6, 6.07) is 0.664. The number of rotatable bonds is 5. The number of hydrogen-bond donors (Lipinski definition) is 0. The Morgan fingerprint density at radius 2 is 2.10 bits per heavy atom. The molecule has 0 saturated carbocycles. The fourth-order valence-corrected chi connectivity index (χ4v) is 2.84. The van der Waals surface area contributed by atoms with Gasteiger partial charge in [-0.3, -0.25) is 9.58 Å². The molecule has 0 aliphatic carbocycles. The van der Waals surface area contributed by atoms with Crippen molar-refractivity contribution in [1.82, 2.24) is 19.6 Å². The van der Waals surface area contributed by atoms with E-state index < -0.39 is 0 Å². The molecule has 0 unspecified atom stereocenters. The minimum Gasteiger partial charge on any atom is -0.462 e. The summed E-state index contributed by atoms with van der Waals surface area (Å²) in [5, 5.41) is 4.21. The molecule has 2 heterocycles. The molecule has 2 rings (SSSR count). The highest BCUT2D eigenvalue weighted by atomic mass is 16.5. The number of aromatic nitrogens is 2. The van der Waals surface area contributed by atoms with Gasteiger partial charge in [-0.1, -0.05) is 0 Å². The molecule has 1 aromatic rings. The van der Waals surface area contributed by atoms with Crippen LogP contribution in [0.5, 0.6) is 0 Å². The SMILES string of the molecule is CCOC(=O)c1cnn(C)c1CN1CCC(N(C)C)CC1. The van der Waals surface area contributed by atoms with Crippen LogP contribution in [0.1, 0.15) is 35.8 Å². The predicted molar refractivity (Wildman–Crippen MR) is 81.2 cm³/mol. The number of esters is 1. The molecule has 0 N–H and O–H groups in total. The molecule has 0 spiro atoms. The number of ether oxygens (including phenoxy) is 1. The van der Waals surface area contributed by atoms with Crippen LogP contribution in [-0.4, -0.2) is 65.4 Å². The lowest BCUT2D eigenvalue weighted by Crippen LogP contribution is -2.41. The number of piperidine rings is 1. The van der Waals surface area contributed by atoms with E-state index in [9.17, 15) is 4.79 Å². The van der Waals surface area contributed by atoms with E-state index >= 15 is 0 Å². The first-order valence-corrected chi connectivity index (χ1v) is 7.59. The van der Waals surface area contributed by atoms with E-state index in [1.807, 2.05) is 14.0 Å². The van der Waals surface area contributed by atoms with E-state index in [-0.39, 0.29) is 5.97 Å². The van der Waals surface area contributed by atoms with Crippen molar-refractivity contribution in [3.8, 4) is 0 Å². The fourth-order valence-electron chi connectivity index (χ4n) is 2.84. The Kier molecular flexibility index (Phi) is 5.36. The van der Waals surface area contributed by atoms with E-state index in [0.29, 0.717) is 18.2 Å². The molecule has 0 bridgehead atoms. The molecule has 6 heteroatoms. The zero-order valence-electron chi connectivity index (χ0n) is 13.5. The summed E-state index contributed by atoms with van der Waals surface area (Å²) >= 11 is 0. The molecular formula is C15H26N4O2. The average molecular weight is 294 g/mol. The highest BCUT2D eigenvalue weighted by Gasteiger charge is 2.24. The van der Waals surface area contributed by atoms with Gasteiger partial charge in [0.2, 0.25) is 0 Å². The van der Waals surface area contributed by atoms with Crippen LogP contribution in [0.2, 0.25) is 0 Å². The third-order valence-corrected chi connectivity index (χ3v) is 4.22. The summed E-state index contributed by atoms with van der Waals surface area (Å²) in [4.78, 5) is 16.6. The molecule has 0 aromatic carbocycles. The molecule has 1 aromatic heterocycles. The molecule has 1 aliphatic heterocycles. The van der Waals surface area contributed by atoms with Crippen molar-refractivity contribution in [1.29, 1.82) is 0 Å². The summed E-state index contributed by atoms with van der Waals surface area (Å²) in [6.07, 6.45) is 3.94. The van der Waals surface area contributed by atoms with E-state index in [0.717, 1.165) is 25.3 Å². The third kappa shape index (κ3) is 3.83. The second-order valence-electron chi connectivity index (χ2n) is 5.82. The molecule has 0 amide bonds. The quantitative estimate of drug-likeness (QED) is 0.762. The smallest absolute Gasteiger partial charge is 0.341 e. The standard InChI is InChI=1S/C15H26N4O2/c1-5-21-15(20)13-10-16-18(4)14(13)11-19-8-6-12(7-9-19)17(2)3/h10,12H,5-9,11H2,1-4H3. The fraction of sp³-hybridized carbons (Fsp3) is 0.733. The molecule has 0 radical (unpaired) electrons. The van der Waals surface area contributed by atoms with Crippen molar-refractivity contribution < 1.29 is 9.53 Å². The Morgan fingerprint density at radius 3 is 2.67 bits per heavy atom. The minimum absolute atomic E-state index is 0.274. The third-order valence-electron chi connectivity index (χ3n) is 4.22. The van der Waals surface area contributed by atoms with Gasteiger partial charge in [0.25, 0.3) is 0 Å². The molecular weight excluding hydrogens is 268 g/mol. The lowest BCUT2D eigenvalue weighted by atomic mass is 10.0. The number of carbonyl (C=O) groups is 1. The van der Waals surface area contributed by atoms with Crippen molar-refractivity contribution in [2.75, 3.05) is 33.8 Å². The topological polar surface area (TPSA) is 50.6 Å². The first-order valence-electron chi connectivity index (χ1n) is 7.59. The van der Waals surface area contributed by atoms with Crippen LogP contribution in [0.4, 0.5) is 0 Å². The second kappa shape index (κ2) is 7.04. The Labute approximate surface area is 126 Å². The van der Waals surface area contributed by atoms with Gasteiger partial charge in [0.05, 0.1) is 18.5 Å². The van der Waals surface area contributed by atoms with E-state index in [1.54, 1.807) is 10.9 Å². The predicted octanol–water partition coefficient (Wildman–Crippen LogP) is 1.12. The van der Waals surface area contributed by atoms with Gasteiger partial charge in [-0.15, -0.1) is 0 Å². The maximum atomic E-state index is 12.0. The highest BCUT2D eigenvalue weighted by molar-refractivity contribution is 5.90. The summed E-state index contributed by atoms with van der Waals surface area (Å²) in [5.41, 5.74) is 1.53. The van der Waals surface area contributed by atoms with Gasteiger partial charge in [0, 0.05) is 32.7 Å². The number of nitrogens with zero attached hydrogens (tertiary/aromatic N) is 4. The van der Waals surface area contributed by atoms with Crippen molar-refractivity contribution in [2.45, 2.75) is 32.4 Å². The lowest BCUT2D eigenvalue weighted by molar-refractivity contribution is 0.0522. The largest absolute Gasteiger partial charge is 0.462 e. The summed E-state index contributed by atoms with van der Waals surface area (Å²) in [7, 11) is 6.16. The van der Waals surface area contributed by atoms with Crippen LogP contribution in [0.3, 0.4) is 0 Å². The summed E-state index contributed by atoms with van der Waals surface area (Å²) < 4.78 is 6.88. The highest BCUT2D eigenvalue weighted by Crippen LogP contribution is 2.18. The summed E-state index contributed by atoms with van der Waals surface area (Å²) in [6.45, 7) is 5.07. The Bertz CT molecular complexity index is 476. The van der Waals surface area contributed by atoms with Gasteiger partial charge >= 0.3 is 5.97 Å². The Morgan fingerprint density at radius 1 is 1.43 bits per heavy atom. The van der Waals surface area contributed by atoms with Crippen LogP contribution in [0.15, 0.2) is 6.20 Å². The molecule has 1 saturated heterocycles. The van der Waals surface area contributed by atoms with Crippen molar-refractivity contribution >= 4 is 5.97 Å². The van der Waals surface area contributed by atoms with Gasteiger partial charge in [0.1, 0.15) is 5.56 Å². The van der Waals surface area contributed by atoms with Crippen LogP contribution >= 0.6 is 0 Å². The molecule has 1 fully saturated rings. The zero-order valence-corrected chi connectivity index (χ0v) is 13.5. The van der Waals surface area contributed by atoms with Gasteiger partial charge in [-0.25, -0.2) is 4.79 Å². The van der Waals surface area contributed by atoms with Crippen molar-refractivity contribution in [2.24, 2.45) is 7.05 Å². The normalized spacial score (nSPS) is 17.4. The molecule has 0 atom stereocenters. The molecule has 21 heavy (non-hydrogen) atoms. The number of aryl methyl sites for hydroxylation is 1. The number of carbonyl (C=O) groups excluding carboxylic acids is 1. The van der Waals surface area contributed by atoms with Gasteiger partial charge in [-0.05, 0) is 33.9 Å². The number of hydrogen-bond acceptors (Lipinski definition) is 5. The monoisotopic (exact) mass is 294 g/mol. The molecule has 118 valence electrons. The van der Waals surface area contributed by atoms with Crippen LogP contribution < -0.4 is 0 Å².